The first-order valence-electron chi connectivity index (χ1n) is 10.8. The summed E-state index contributed by atoms with van der Waals surface area (Å²) in [7, 11) is 0. The van der Waals surface area contributed by atoms with E-state index in [1.807, 2.05) is 60.7 Å². The van der Waals surface area contributed by atoms with Gasteiger partial charge in [-0.05, 0) is 54.3 Å². The molecule has 1 aliphatic carbocycles. The van der Waals surface area contributed by atoms with Gasteiger partial charge in [-0.25, -0.2) is 0 Å². The summed E-state index contributed by atoms with van der Waals surface area (Å²) >= 11 is 0. The molecule has 156 valence electrons. The normalized spacial score (nSPS) is 15.9. The van der Waals surface area contributed by atoms with Crippen LogP contribution in [0.15, 0.2) is 72.8 Å². The number of benzene rings is 3. The fourth-order valence-electron chi connectivity index (χ4n) is 4.51. The molecule has 0 unspecified atom stereocenters. The number of anilines is 2. The summed E-state index contributed by atoms with van der Waals surface area (Å²) in [4.78, 5) is 27.4. The van der Waals surface area contributed by atoms with Crippen LogP contribution >= 0.6 is 0 Å². The Balaban J connectivity index is 1.17. The number of nitrogens with one attached hydrogen (secondary N) is 2. The summed E-state index contributed by atoms with van der Waals surface area (Å²) in [6.45, 7) is 2.17. The number of carbonyl (C=O) groups excluding carboxylic acids is 2. The van der Waals surface area contributed by atoms with Crippen LogP contribution in [0.3, 0.4) is 0 Å². The van der Waals surface area contributed by atoms with E-state index in [1.165, 1.54) is 0 Å². The molecule has 0 aromatic heterocycles. The molecule has 5 rings (SSSR count). The zero-order chi connectivity index (χ0) is 21.2. The molecule has 3 aromatic rings. The van der Waals surface area contributed by atoms with Crippen LogP contribution in [0.1, 0.15) is 28.8 Å². The highest BCUT2D eigenvalue weighted by atomic mass is 16.2. The second-order valence-corrected chi connectivity index (χ2v) is 8.24. The van der Waals surface area contributed by atoms with Crippen LogP contribution in [0.2, 0.25) is 0 Å². The number of amides is 1. The van der Waals surface area contributed by atoms with Crippen LogP contribution in [0.25, 0.3) is 11.1 Å². The van der Waals surface area contributed by atoms with Crippen LogP contribution in [0.5, 0.6) is 0 Å². The Bertz CT molecular complexity index is 1120. The van der Waals surface area contributed by atoms with Crippen molar-refractivity contribution < 1.29 is 9.59 Å². The number of likely N-dealkylation sites (tertiary alicyclic amines) is 1. The third-order valence-electron chi connectivity index (χ3n) is 6.11. The quantitative estimate of drug-likeness (QED) is 0.511. The number of piperidine rings is 1. The Morgan fingerprint density at radius 3 is 2.26 bits per heavy atom. The molecule has 1 heterocycles. The van der Waals surface area contributed by atoms with Gasteiger partial charge < -0.3 is 10.6 Å². The van der Waals surface area contributed by atoms with E-state index < -0.39 is 0 Å². The molecule has 5 heteroatoms. The lowest BCUT2D eigenvalue weighted by atomic mass is 10.0. The maximum atomic E-state index is 12.6. The highest BCUT2D eigenvalue weighted by Gasteiger charge is 2.26. The fourth-order valence-corrected chi connectivity index (χ4v) is 4.51. The number of nitrogens with zero attached hydrogens (tertiary/aromatic N) is 1. The van der Waals surface area contributed by atoms with Crippen LogP contribution in [0.4, 0.5) is 11.4 Å². The number of ketones is 1. The minimum atomic E-state index is -0.0213. The summed E-state index contributed by atoms with van der Waals surface area (Å²) in [6, 6.07) is 23.9. The standard InChI is InChI=1S/C26H25N3O2/c30-25(17-29-14-12-19(13-15-29)27-18-6-2-1-3-7-18)28-20-10-11-23-24(16-20)21-8-4-5-9-22(21)26(23)31/h1-11,16,19,27H,12-15,17H2,(H,28,30). The Kier molecular flexibility index (Phi) is 5.26. The third kappa shape index (κ3) is 4.09. The number of hydrogen-bond donors (Lipinski definition) is 2. The van der Waals surface area contributed by atoms with Gasteiger partial charge in [0.15, 0.2) is 5.78 Å². The first-order chi connectivity index (χ1) is 15.2. The molecule has 0 bridgehead atoms. The Hall–Kier alpha value is -3.44. The van der Waals surface area contributed by atoms with Crippen molar-refractivity contribution in [2.45, 2.75) is 18.9 Å². The van der Waals surface area contributed by atoms with E-state index in [0.29, 0.717) is 18.2 Å². The molecule has 1 amide bonds. The van der Waals surface area contributed by atoms with E-state index in [4.69, 9.17) is 0 Å². The van der Waals surface area contributed by atoms with Gasteiger partial charge >= 0.3 is 0 Å². The monoisotopic (exact) mass is 411 g/mol. The zero-order valence-corrected chi connectivity index (χ0v) is 17.3. The molecule has 1 aliphatic heterocycles. The van der Waals surface area contributed by atoms with Crippen molar-refractivity contribution in [2.24, 2.45) is 0 Å². The van der Waals surface area contributed by atoms with Gasteiger partial charge in [0.2, 0.25) is 5.91 Å². The van der Waals surface area contributed by atoms with Gasteiger partial charge in [-0.1, -0.05) is 42.5 Å². The van der Waals surface area contributed by atoms with Crippen LogP contribution in [0, 0.1) is 0 Å². The summed E-state index contributed by atoms with van der Waals surface area (Å²) in [5.74, 6) is 0.0301. The van der Waals surface area contributed by atoms with Crippen molar-refractivity contribution in [3.63, 3.8) is 0 Å². The molecule has 0 spiro atoms. The van der Waals surface area contributed by atoms with Gasteiger partial charge in [0.25, 0.3) is 0 Å². The van der Waals surface area contributed by atoms with E-state index >= 15 is 0 Å². The van der Waals surface area contributed by atoms with Crippen molar-refractivity contribution in [3.8, 4) is 11.1 Å². The molecule has 0 saturated carbocycles. The summed E-state index contributed by atoms with van der Waals surface area (Å²) in [5.41, 5.74) is 5.14. The highest BCUT2D eigenvalue weighted by molar-refractivity contribution is 6.22. The average molecular weight is 412 g/mol. The minimum Gasteiger partial charge on any atom is -0.382 e. The smallest absolute Gasteiger partial charge is 0.238 e. The van der Waals surface area contributed by atoms with E-state index in [0.717, 1.165) is 54.0 Å². The number of carbonyl (C=O) groups is 2. The highest BCUT2D eigenvalue weighted by Crippen LogP contribution is 2.37. The van der Waals surface area contributed by atoms with Crippen molar-refractivity contribution in [1.82, 2.24) is 4.90 Å². The first-order valence-corrected chi connectivity index (χ1v) is 10.8. The van der Waals surface area contributed by atoms with Crippen molar-refractivity contribution in [3.05, 3.63) is 83.9 Å². The van der Waals surface area contributed by atoms with Crippen LogP contribution < -0.4 is 10.6 Å². The lowest BCUT2D eigenvalue weighted by molar-refractivity contribution is -0.117. The molecule has 5 nitrogen and oxygen atoms in total. The van der Waals surface area contributed by atoms with Crippen molar-refractivity contribution in [1.29, 1.82) is 0 Å². The Morgan fingerprint density at radius 2 is 1.48 bits per heavy atom. The second kappa shape index (κ2) is 8.36. The topological polar surface area (TPSA) is 61.4 Å². The molecule has 2 N–H and O–H groups in total. The summed E-state index contributed by atoms with van der Waals surface area (Å²) in [6.07, 6.45) is 2.03. The maximum Gasteiger partial charge on any atom is 0.238 e. The molecule has 31 heavy (non-hydrogen) atoms. The van der Waals surface area contributed by atoms with Crippen LogP contribution in [-0.4, -0.2) is 42.3 Å². The minimum absolute atomic E-state index is 0.0213. The zero-order valence-electron chi connectivity index (χ0n) is 17.3. The van der Waals surface area contributed by atoms with Gasteiger partial charge in [0, 0.05) is 41.6 Å². The lowest BCUT2D eigenvalue weighted by Gasteiger charge is -2.32. The predicted molar refractivity (Wildman–Crippen MR) is 123 cm³/mol. The molecule has 0 atom stereocenters. The Labute approximate surface area is 182 Å². The van der Waals surface area contributed by atoms with Gasteiger partial charge in [-0.3, -0.25) is 14.5 Å². The number of hydrogen-bond acceptors (Lipinski definition) is 4. The molecule has 1 saturated heterocycles. The van der Waals surface area contributed by atoms with E-state index in [-0.39, 0.29) is 11.7 Å². The molecule has 3 aromatic carbocycles. The predicted octanol–water partition coefficient (Wildman–Crippen LogP) is 4.41. The molecule has 0 radical (unpaired) electrons. The Morgan fingerprint density at radius 1 is 0.806 bits per heavy atom. The summed E-state index contributed by atoms with van der Waals surface area (Å²) in [5, 5.41) is 6.58. The van der Waals surface area contributed by atoms with Crippen molar-refractivity contribution in [2.75, 3.05) is 30.3 Å². The van der Waals surface area contributed by atoms with E-state index in [2.05, 4.69) is 27.7 Å². The van der Waals surface area contributed by atoms with Crippen molar-refractivity contribution >= 4 is 23.1 Å². The number of rotatable bonds is 5. The summed E-state index contributed by atoms with van der Waals surface area (Å²) < 4.78 is 0. The van der Waals surface area contributed by atoms with E-state index in [9.17, 15) is 9.59 Å². The van der Waals surface area contributed by atoms with Gasteiger partial charge in [-0.2, -0.15) is 0 Å². The number of para-hydroxylation sites is 1. The fraction of sp³-hybridized carbons (Fsp3) is 0.231. The van der Waals surface area contributed by atoms with E-state index in [1.54, 1.807) is 0 Å². The molecule has 2 aliphatic rings. The SMILES string of the molecule is O=C(CN1CCC(Nc2ccccc2)CC1)Nc1ccc2c(c1)-c1ccccc1C2=O. The van der Waals surface area contributed by atoms with Gasteiger partial charge in [-0.15, -0.1) is 0 Å². The van der Waals surface area contributed by atoms with Gasteiger partial charge in [0.05, 0.1) is 6.54 Å². The largest absolute Gasteiger partial charge is 0.382 e. The third-order valence-corrected chi connectivity index (χ3v) is 6.11. The first kappa shape index (κ1) is 19.5. The second-order valence-electron chi connectivity index (χ2n) is 8.24. The molecule has 1 fully saturated rings. The average Bonchev–Trinajstić information content (AvgIpc) is 3.08. The molecular formula is C26H25N3O2. The number of fused-ring (bicyclic) bond motifs is 3. The maximum absolute atomic E-state index is 12.6. The van der Waals surface area contributed by atoms with Crippen LogP contribution in [-0.2, 0) is 4.79 Å². The lowest BCUT2D eigenvalue weighted by Crippen LogP contribution is -2.42. The van der Waals surface area contributed by atoms with Gasteiger partial charge in [0.1, 0.15) is 0 Å². The molecular weight excluding hydrogens is 386 g/mol.